The van der Waals surface area contributed by atoms with Gasteiger partial charge < -0.3 is 4.74 Å². The van der Waals surface area contributed by atoms with Gasteiger partial charge in [0.15, 0.2) is 0 Å². The second-order valence-corrected chi connectivity index (χ2v) is 5.08. The molecule has 1 aromatic carbocycles. The smallest absolute Gasteiger partial charge is 0.122 e. The maximum Gasteiger partial charge on any atom is 0.122 e. The molecule has 0 radical (unpaired) electrons. The molecular formula is C14H16OS. The predicted molar refractivity (Wildman–Crippen MR) is 69.2 cm³/mol. The minimum Gasteiger partial charge on any atom is -0.488 e. The van der Waals surface area contributed by atoms with Crippen molar-refractivity contribution in [1.29, 1.82) is 0 Å². The first kappa shape index (κ1) is 11.2. The lowest BCUT2D eigenvalue weighted by molar-refractivity contribution is 0.309. The highest BCUT2D eigenvalue weighted by Gasteiger charge is 2.00. The van der Waals surface area contributed by atoms with Gasteiger partial charge in [-0.05, 0) is 43.2 Å². The molecule has 2 rings (SSSR count). The molecule has 0 saturated heterocycles. The third-order valence-electron chi connectivity index (χ3n) is 2.44. The Morgan fingerprint density at radius 2 is 1.94 bits per heavy atom. The van der Waals surface area contributed by atoms with Crippen molar-refractivity contribution in [2.45, 2.75) is 26.9 Å². The van der Waals surface area contributed by atoms with E-state index in [0.29, 0.717) is 6.61 Å². The van der Waals surface area contributed by atoms with E-state index in [0.717, 1.165) is 12.2 Å². The summed E-state index contributed by atoms with van der Waals surface area (Å²) in [4.78, 5) is 2.71. The number of thiophene rings is 1. The largest absolute Gasteiger partial charge is 0.488 e. The molecule has 0 bridgehead atoms. The van der Waals surface area contributed by atoms with Crippen molar-refractivity contribution in [3.05, 3.63) is 51.7 Å². The Hall–Kier alpha value is -1.28. The molecule has 0 unspecified atom stereocenters. The zero-order chi connectivity index (χ0) is 11.4. The fourth-order valence-electron chi connectivity index (χ4n) is 1.55. The van der Waals surface area contributed by atoms with Gasteiger partial charge in [-0.3, -0.25) is 0 Å². The SMILES string of the molecule is CCc1ccc(COc2cccc(C)c2)s1. The average molecular weight is 232 g/mol. The van der Waals surface area contributed by atoms with Gasteiger partial charge in [0.25, 0.3) is 0 Å². The minimum atomic E-state index is 0.675. The maximum atomic E-state index is 5.74. The lowest BCUT2D eigenvalue weighted by Gasteiger charge is -2.04. The van der Waals surface area contributed by atoms with Gasteiger partial charge in [-0.15, -0.1) is 11.3 Å². The van der Waals surface area contributed by atoms with Gasteiger partial charge in [-0.25, -0.2) is 0 Å². The summed E-state index contributed by atoms with van der Waals surface area (Å²) in [6.45, 7) is 4.93. The summed E-state index contributed by atoms with van der Waals surface area (Å²) < 4.78 is 5.74. The van der Waals surface area contributed by atoms with Crippen molar-refractivity contribution < 1.29 is 4.74 Å². The van der Waals surface area contributed by atoms with Crippen LogP contribution in [0.1, 0.15) is 22.2 Å². The van der Waals surface area contributed by atoms with E-state index in [-0.39, 0.29) is 0 Å². The summed E-state index contributed by atoms with van der Waals surface area (Å²) >= 11 is 1.83. The van der Waals surface area contributed by atoms with Crippen molar-refractivity contribution in [3.8, 4) is 5.75 Å². The van der Waals surface area contributed by atoms with Crippen molar-refractivity contribution in [1.82, 2.24) is 0 Å². The third kappa shape index (κ3) is 2.86. The van der Waals surface area contributed by atoms with Gasteiger partial charge in [-0.2, -0.15) is 0 Å². The van der Waals surface area contributed by atoms with E-state index in [1.54, 1.807) is 0 Å². The summed E-state index contributed by atoms with van der Waals surface area (Å²) in [7, 11) is 0. The number of hydrogen-bond acceptors (Lipinski definition) is 2. The minimum absolute atomic E-state index is 0.675. The number of aryl methyl sites for hydroxylation is 2. The zero-order valence-corrected chi connectivity index (χ0v) is 10.5. The van der Waals surface area contributed by atoms with Crippen LogP contribution in [0, 0.1) is 6.92 Å². The van der Waals surface area contributed by atoms with E-state index in [4.69, 9.17) is 4.74 Å². The fourth-order valence-corrected chi connectivity index (χ4v) is 2.42. The van der Waals surface area contributed by atoms with Crippen LogP contribution in [-0.2, 0) is 13.0 Å². The van der Waals surface area contributed by atoms with Crippen molar-refractivity contribution >= 4 is 11.3 Å². The average Bonchev–Trinajstić information content (AvgIpc) is 2.74. The van der Waals surface area contributed by atoms with E-state index in [9.17, 15) is 0 Å². The second-order valence-electron chi connectivity index (χ2n) is 3.83. The second kappa shape index (κ2) is 5.17. The molecule has 0 aliphatic rings. The number of benzene rings is 1. The Labute approximate surface area is 101 Å². The van der Waals surface area contributed by atoms with Crippen LogP contribution in [0.4, 0.5) is 0 Å². The Bertz CT molecular complexity index is 459. The van der Waals surface area contributed by atoms with Gasteiger partial charge in [0.05, 0.1) is 0 Å². The van der Waals surface area contributed by atoms with Crippen molar-refractivity contribution in [2.24, 2.45) is 0 Å². The number of rotatable bonds is 4. The van der Waals surface area contributed by atoms with E-state index in [1.807, 2.05) is 23.5 Å². The Morgan fingerprint density at radius 3 is 2.62 bits per heavy atom. The molecule has 1 aromatic heterocycles. The molecule has 2 heteroatoms. The van der Waals surface area contributed by atoms with Crippen molar-refractivity contribution in [2.75, 3.05) is 0 Å². The summed E-state index contributed by atoms with van der Waals surface area (Å²) in [6, 6.07) is 12.5. The molecule has 0 aliphatic carbocycles. The molecule has 0 spiro atoms. The highest BCUT2D eigenvalue weighted by Crippen LogP contribution is 2.20. The standard InChI is InChI=1S/C14H16OS/c1-3-13-7-8-14(16-13)10-15-12-6-4-5-11(2)9-12/h4-9H,3,10H2,1-2H3. The van der Waals surface area contributed by atoms with E-state index in [2.05, 4.69) is 38.1 Å². The molecule has 16 heavy (non-hydrogen) atoms. The first-order valence-electron chi connectivity index (χ1n) is 5.55. The topological polar surface area (TPSA) is 9.23 Å². The summed E-state index contributed by atoms with van der Waals surface area (Å²) in [5, 5.41) is 0. The zero-order valence-electron chi connectivity index (χ0n) is 9.69. The van der Waals surface area contributed by atoms with Gasteiger partial charge in [0, 0.05) is 9.75 Å². The maximum absolute atomic E-state index is 5.74. The highest BCUT2D eigenvalue weighted by molar-refractivity contribution is 7.11. The van der Waals surface area contributed by atoms with Crippen LogP contribution in [-0.4, -0.2) is 0 Å². The highest BCUT2D eigenvalue weighted by atomic mass is 32.1. The summed E-state index contributed by atoms with van der Waals surface area (Å²) in [5.41, 5.74) is 1.23. The van der Waals surface area contributed by atoms with Crippen LogP contribution >= 0.6 is 11.3 Å². The molecule has 0 aliphatic heterocycles. The van der Waals surface area contributed by atoms with Crippen LogP contribution in [0.15, 0.2) is 36.4 Å². The molecule has 1 nitrogen and oxygen atoms in total. The molecule has 0 atom stereocenters. The Balaban J connectivity index is 1.96. The van der Waals surface area contributed by atoms with Gasteiger partial charge in [0.1, 0.15) is 12.4 Å². The molecule has 0 N–H and O–H groups in total. The van der Waals surface area contributed by atoms with Crippen LogP contribution < -0.4 is 4.74 Å². The Morgan fingerprint density at radius 1 is 1.12 bits per heavy atom. The summed E-state index contributed by atoms with van der Waals surface area (Å²) in [6.07, 6.45) is 1.11. The molecule has 1 heterocycles. The first-order chi connectivity index (χ1) is 7.78. The number of ether oxygens (including phenoxy) is 1. The van der Waals surface area contributed by atoms with E-state index >= 15 is 0 Å². The van der Waals surface area contributed by atoms with Crippen LogP contribution in [0.5, 0.6) is 5.75 Å². The fraction of sp³-hybridized carbons (Fsp3) is 0.286. The van der Waals surface area contributed by atoms with Crippen LogP contribution in [0.2, 0.25) is 0 Å². The van der Waals surface area contributed by atoms with Gasteiger partial charge in [-0.1, -0.05) is 19.1 Å². The first-order valence-corrected chi connectivity index (χ1v) is 6.36. The quantitative estimate of drug-likeness (QED) is 0.767. The lowest BCUT2D eigenvalue weighted by Crippen LogP contribution is -1.92. The van der Waals surface area contributed by atoms with E-state index in [1.165, 1.54) is 15.3 Å². The molecule has 0 saturated carbocycles. The molecular weight excluding hydrogens is 216 g/mol. The third-order valence-corrected chi connectivity index (χ3v) is 3.64. The van der Waals surface area contributed by atoms with Gasteiger partial charge in [0.2, 0.25) is 0 Å². The molecule has 0 amide bonds. The monoisotopic (exact) mass is 232 g/mol. The Kier molecular flexibility index (Phi) is 3.62. The number of hydrogen-bond donors (Lipinski definition) is 0. The molecule has 2 aromatic rings. The molecule has 84 valence electrons. The lowest BCUT2D eigenvalue weighted by atomic mass is 10.2. The summed E-state index contributed by atoms with van der Waals surface area (Å²) in [5.74, 6) is 0.950. The normalized spacial score (nSPS) is 10.4. The van der Waals surface area contributed by atoms with Crippen LogP contribution in [0.3, 0.4) is 0 Å². The van der Waals surface area contributed by atoms with Crippen molar-refractivity contribution in [3.63, 3.8) is 0 Å². The van der Waals surface area contributed by atoms with Crippen LogP contribution in [0.25, 0.3) is 0 Å². The molecule has 0 fully saturated rings. The van der Waals surface area contributed by atoms with E-state index < -0.39 is 0 Å². The van der Waals surface area contributed by atoms with Gasteiger partial charge >= 0.3 is 0 Å². The predicted octanol–water partition coefficient (Wildman–Crippen LogP) is 4.20.